The number of hydrogen-bond acceptors (Lipinski definition) is 4. The molecule has 0 rings (SSSR count). The zero-order chi connectivity index (χ0) is 25.5. The Bertz CT molecular complexity index is 614. The molecule has 0 aromatic carbocycles. The molecule has 0 bridgehead atoms. The lowest BCUT2D eigenvalue weighted by Gasteiger charge is -2.05. The van der Waals surface area contributed by atoms with Crippen LogP contribution in [-0.4, -0.2) is 44.1 Å². The zero-order valence-electron chi connectivity index (χ0n) is 20.5. The van der Waals surface area contributed by atoms with Crippen LogP contribution in [0.4, 0.5) is 0 Å². The fraction of sp³-hybridized carbons (Fsp3) is 0.750. The normalized spacial score (nSPS) is 12.9. The first kappa shape index (κ1) is 33.7. The van der Waals surface area contributed by atoms with Crippen LogP contribution in [0.3, 0.4) is 0 Å². The summed E-state index contributed by atoms with van der Waals surface area (Å²) in [4.78, 5) is 37.5. The standard InChI is InChI=1S/C18H34O2.C6H12NO5P/c1-2-3-4-5-6-7-8-9-10-11-12-13-14-15-16-17-18(19)20;1-4(3-13(10,11)12)2-5(7)6(8)9/h16-17H,2-15H2,1H3,(H,19,20);2,5H,3,7H2,1H3,(H,8,9)(H2,10,11,12)/b17-16+;. The second kappa shape index (κ2) is 22.3. The molecule has 0 heterocycles. The van der Waals surface area contributed by atoms with Gasteiger partial charge in [0.2, 0.25) is 0 Å². The van der Waals surface area contributed by atoms with E-state index in [1.807, 2.05) is 0 Å². The average molecular weight is 492 g/mol. The first-order valence-electron chi connectivity index (χ1n) is 12.1. The van der Waals surface area contributed by atoms with Crippen LogP contribution in [0.25, 0.3) is 0 Å². The molecule has 1 unspecified atom stereocenters. The molecule has 0 saturated heterocycles. The number of unbranched alkanes of at least 4 members (excludes halogenated alkanes) is 13. The lowest BCUT2D eigenvalue weighted by molar-refractivity contribution is -0.137. The summed E-state index contributed by atoms with van der Waals surface area (Å²) in [7, 11) is -4.13. The molecule has 1 atom stereocenters. The Hall–Kier alpha value is -1.47. The number of aliphatic carboxylic acids is 2. The van der Waals surface area contributed by atoms with Crippen LogP contribution in [0.1, 0.15) is 104 Å². The predicted molar refractivity (Wildman–Crippen MR) is 133 cm³/mol. The second-order valence-corrected chi connectivity index (χ2v) is 10.1. The van der Waals surface area contributed by atoms with Crippen LogP contribution < -0.4 is 5.73 Å². The van der Waals surface area contributed by atoms with E-state index in [2.05, 4.69) is 6.92 Å². The second-order valence-electron chi connectivity index (χ2n) is 8.47. The first-order valence-corrected chi connectivity index (χ1v) is 13.9. The van der Waals surface area contributed by atoms with Crippen molar-refractivity contribution < 1.29 is 34.2 Å². The van der Waals surface area contributed by atoms with E-state index in [4.69, 9.17) is 25.7 Å². The van der Waals surface area contributed by atoms with E-state index in [0.717, 1.165) is 18.9 Å². The molecule has 33 heavy (non-hydrogen) atoms. The van der Waals surface area contributed by atoms with Crippen molar-refractivity contribution in [3.8, 4) is 0 Å². The maximum atomic E-state index is 10.5. The Kier molecular flexibility index (Phi) is 22.8. The Labute approximate surface area is 199 Å². The summed E-state index contributed by atoms with van der Waals surface area (Å²) in [5.41, 5.74) is 5.37. The van der Waals surface area contributed by atoms with Crippen LogP contribution in [-0.2, 0) is 14.2 Å². The van der Waals surface area contributed by atoms with Crippen LogP contribution in [0.2, 0.25) is 0 Å². The third-order valence-corrected chi connectivity index (χ3v) is 5.85. The number of carboxylic acids is 2. The summed E-state index contributed by atoms with van der Waals surface area (Å²) < 4.78 is 10.5. The van der Waals surface area contributed by atoms with E-state index in [9.17, 15) is 14.2 Å². The predicted octanol–water partition coefficient (Wildman–Crippen LogP) is 5.63. The molecule has 0 aromatic rings. The molecule has 6 N–H and O–H groups in total. The highest BCUT2D eigenvalue weighted by atomic mass is 31.2. The van der Waals surface area contributed by atoms with E-state index in [1.165, 1.54) is 90.0 Å². The van der Waals surface area contributed by atoms with Crippen LogP contribution >= 0.6 is 7.60 Å². The number of hydrogen-bond donors (Lipinski definition) is 5. The maximum Gasteiger partial charge on any atom is 0.329 e. The van der Waals surface area contributed by atoms with Gasteiger partial charge in [-0.05, 0) is 19.8 Å². The third kappa shape index (κ3) is 30.5. The van der Waals surface area contributed by atoms with Crippen molar-refractivity contribution >= 4 is 19.5 Å². The molecule has 0 spiro atoms. The van der Waals surface area contributed by atoms with Crippen molar-refractivity contribution in [1.29, 1.82) is 0 Å². The molecule has 194 valence electrons. The Balaban J connectivity index is 0. The Morgan fingerprint density at radius 3 is 1.64 bits per heavy atom. The zero-order valence-corrected chi connectivity index (χ0v) is 21.3. The molecule has 8 nitrogen and oxygen atoms in total. The summed E-state index contributed by atoms with van der Waals surface area (Å²) in [5, 5.41) is 16.8. The van der Waals surface area contributed by atoms with Gasteiger partial charge in [0.15, 0.2) is 0 Å². The summed E-state index contributed by atoms with van der Waals surface area (Å²) >= 11 is 0. The van der Waals surface area contributed by atoms with Gasteiger partial charge in [-0.1, -0.05) is 102 Å². The number of carboxylic acid groups (broad SMARTS) is 2. The summed E-state index contributed by atoms with van der Waals surface area (Å²) in [6.45, 7) is 3.68. The Morgan fingerprint density at radius 2 is 1.27 bits per heavy atom. The van der Waals surface area contributed by atoms with Gasteiger partial charge < -0.3 is 25.7 Å². The van der Waals surface area contributed by atoms with Gasteiger partial charge >= 0.3 is 19.5 Å². The molecule has 0 saturated carbocycles. The molecule has 9 heteroatoms. The van der Waals surface area contributed by atoms with E-state index < -0.39 is 31.7 Å². The first-order chi connectivity index (χ1) is 15.5. The smallest absolute Gasteiger partial charge is 0.329 e. The molecule has 0 fully saturated rings. The highest BCUT2D eigenvalue weighted by molar-refractivity contribution is 7.52. The quantitative estimate of drug-likeness (QED) is 0.0673. The van der Waals surface area contributed by atoms with E-state index in [0.29, 0.717) is 0 Å². The van der Waals surface area contributed by atoms with E-state index in [-0.39, 0.29) is 5.57 Å². The Morgan fingerprint density at radius 1 is 0.848 bits per heavy atom. The molecule has 0 aliphatic rings. The number of allylic oxidation sites excluding steroid dienone is 2. The van der Waals surface area contributed by atoms with Gasteiger partial charge in [-0.25, -0.2) is 4.79 Å². The fourth-order valence-electron chi connectivity index (χ4n) is 3.22. The molecular weight excluding hydrogens is 445 g/mol. The molecular formula is C24H46NO7P. The van der Waals surface area contributed by atoms with Gasteiger partial charge in [0.1, 0.15) is 6.04 Å². The maximum absolute atomic E-state index is 10.5. The number of rotatable bonds is 19. The average Bonchev–Trinajstić information content (AvgIpc) is 2.69. The lowest BCUT2D eigenvalue weighted by Crippen LogP contribution is -2.28. The topological polar surface area (TPSA) is 158 Å². The minimum absolute atomic E-state index is 0.267. The van der Waals surface area contributed by atoms with Gasteiger partial charge in [-0.2, -0.15) is 0 Å². The highest BCUT2D eigenvalue weighted by Crippen LogP contribution is 2.36. The van der Waals surface area contributed by atoms with E-state index >= 15 is 0 Å². The minimum atomic E-state index is -4.13. The van der Waals surface area contributed by atoms with Crippen LogP contribution in [0.15, 0.2) is 23.8 Å². The molecule has 0 aromatic heterocycles. The highest BCUT2D eigenvalue weighted by Gasteiger charge is 2.15. The minimum Gasteiger partial charge on any atom is -0.480 e. The third-order valence-electron chi connectivity index (χ3n) is 4.94. The van der Waals surface area contributed by atoms with E-state index in [1.54, 1.807) is 6.08 Å². The van der Waals surface area contributed by atoms with Crippen molar-refractivity contribution in [3.63, 3.8) is 0 Å². The monoisotopic (exact) mass is 491 g/mol. The van der Waals surface area contributed by atoms with Gasteiger partial charge in [-0.3, -0.25) is 9.36 Å². The summed E-state index contributed by atoms with van der Waals surface area (Å²) in [5.74, 6) is -2.07. The van der Waals surface area contributed by atoms with Gasteiger partial charge in [0.25, 0.3) is 0 Å². The molecule has 0 amide bonds. The number of carbonyl (C=O) groups is 2. The van der Waals surface area contributed by atoms with Crippen molar-refractivity contribution in [2.75, 3.05) is 6.16 Å². The van der Waals surface area contributed by atoms with Gasteiger partial charge in [-0.15, -0.1) is 0 Å². The van der Waals surface area contributed by atoms with Crippen molar-refractivity contribution in [2.45, 2.75) is 110 Å². The molecule has 0 aliphatic heterocycles. The summed E-state index contributed by atoms with van der Waals surface area (Å²) in [6.07, 6.45) is 22.2. The largest absolute Gasteiger partial charge is 0.480 e. The fourth-order valence-corrected chi connectivity index (χ4v) is 3.97. The van der Waals surface area contributed by atoms with Crippen molar-refractivity contribution in [1.82, 2.24) is 0 Å². The lowest BCUT2D eigenvalue weighted by atomic mass is 10.0. The van der Waals surface area contributed by atoms with Gasteiger partial charge in [0, 0.05) is 6.08 Å². The number of nitrogens with two attached hydrogens (primary N) is 1. The summed E-state index contributed by atoms with van der Waals surface area (Å²) in [6, 6.07) is -1.22. The van der Waals surface area contributed by atoms with Crippen LogP contribution in [0.5, 0.6) is 0 Å². The molecule has 0 aliphatic carbocycles. The van der Waals surface area contributed by atoms with Crippen LogP contribution in [0, 0.1) is 0 Å². The van der Waals surface area contributed by atoms with Gasteiger partial charge in [0.05, 0.1) is 6.16 Å². The van der Waals surface area contributed by atoms with Crippen molar-refractivity contribution in [3.05, 3.63) is 23.8 Å². The molecule has 0 radical (unpaired) electrons. The SMILES string of the molecule is CC(=CC(N)C(=O)O)CP(=O)(O)O.CCCCCCCCCCCCCCC/C=C/C(=O)O. The van der Waals surface area contributed by atoms with Crippen molar-refractivity contribution in [2.24, 2.45) is 5.73 Å².